The van der Waals surface area contributed by atoms with Crippen LogP contribution in [-0.2, 0) is 35.8 Å². The van der Waals surface area contributed by atoms with Gasteiger partial charge in [-0.3, -0.25) is 9.59 Å². The van der Waals surface area contributed by atoms with E-state index in [2.05, 4.69) is 9.71 Å². The first kappa shape index (κ1) is 43.0. The number of unbranched alkanes of at least 4 members (excludes halogenated alkanes) is 1. The summed E-state index contributed by atoms with van der Waals surface area (Å²) in [5.74, 6) is -2.56. The van der Waals surface area contributed by atoms with Crippen LogP contribution < -0.4 is 15.2 Å². The van der Waals surface area contributed by atoms with Gasteiger partial charge in [-0.15, -0.1) is 0 Å². The summed E-state index contributed by atoms with van der Waals surface area (Å²) < 4.78 is 74.1. The summed E-state index contributed by atoms with van der Waals surface area (Å²) >= 11 is 13.3. The smallest absolute Gasteiger partial charge is 0.487 e. The number of hydrogen-bond donors (Lipinski definition) is 3. The number of para-hydroxylation sites is 1. The zero-order valence-electron chi connectivity index (χ0n) is 29.7. The molecule has 0 saturated carbocycles. The monoisotopic (exact) mass is 819 g/mol. The summed E-state index contributed by atoms with van der Waals surface area (Å²) in [6.07, 6.45) is -2.86. The molecule has 0 aliphatic carbocycles. The summed E-state index contributed by atoms with van der Waals surface area (Å²) in [6.45, 7) is 6.11. The molecule has 296 valence electrons. The lowest BCUT2D eigenvalue weighted by Crippen LogP contribution is -2.64. The van der Waals surface area contributed by atoms with Gasteiger partial charge in [-0.1, -0.05) is 35.3 Å². The molecule has 0 atom stereocenters. The summed E-state index contributed by atoms with van der Waals surface area (Å²) in [5.41, 5.74) is 6.97. The molecular weight excluding hydrogens is 778 g/mol. The molecule has 2 aliphatic rings. The average Bonchev–Trinajstić information content (AvgIpc) is 3.11. The van der Waals surface area contributed by atoms with Crippen molar-refractivity contribution < 1.29 is 50.6 Å². The van der Waals surface area contributed by atoms with Gasteiger partial charge in [0.05, 0.1) is 5.02 Å². The normalized spacial score (nSPS) is 16.1. The molecule has 3 aromatic rings. The Labute approximate surface area is 320 Å². The van der Waals surface area contributed by atoms with E-state index in [9.17, 15) is 31.2 Å². The van der Waals surface area contributed by atoms with E-state index in [4.69, 9.17) is 48.3 Å². The third-order valence-corrected chi connectivity index (χ3v) is 11.5. The van der Waals surface area contributed by atoms with Crippen LogP contribution in [0, 0.1) is 13.8 Å². The van der Waals surface area contributed by atoms with Crippen molar-refractivity contribution >= 4 is 61.9 Å². The van der Waals surface area contributed by atoms with Gasteiger partial charge in [-0.2, -0.15) is 17.9 Å². The van der Waals surface area contributed by atoms with Crippen LogP contribution in [0.25, 0.3) is 10.9 Å². The lowest BCUT2D eigenvalue weighted by molar-refractivity contribution is -0.192. The van der Waals surface area contributed by atoms with E-state index >= 15 is 0 Å². The Hall–Kier alpha value is -3.74. The van der Waals surface area contributed by atoms with Gasteiger partial charge >= 0.3 is 12.1 Å². The molecule has 0 spiro atoms. The Morgan fingerprint density at radius 3 is 2.28 bits per heavy atom. The fourth-order valence-corrected chi connectivity index (χ4v) is 8.48. The standard InChI is InChI=1S/C33H41Cl2N5O6S.C2HF3O2/c1-22-20-23(2)37-31-24(22)6-5-7-27(31)46-21-25-26(34)9-10-28(30(25)35)47(43,44)38-33(11-18-45-19-12-33)32(42)40-16-14-39(15-17-40)29(41)8-3-4-13-36;3-2(4,5)1(6)7/h5-7,9-10,20,38H,3-4,8,11-19,21,36H2,1-2H3;(H,6,7). The predicted molar refractivity (Wildman–Crippen MR) is 195 cm³/mol. The number of fused-ring (bicyclic) bond motifs is 1. The summed E-state index contributed by atoms with van der Waals surface area (Å²) in [5, 5.41) is 8.21. The van der Waals surface area contributed by atoms with Crippen molar-refractivity contribution in [2.24, 2.45) is 5.73 Å². The summed E-state index contributed by atoms with van der Waals surface area (Å²) in [6, 6.07) is 10.4. The average molecular weight is 821 g/mol. The van der Waals surface area contributed by atoms with E-state index in [0.29, 0.717) is 50.4 Å². The van der Waals surface area contributed by atoms with Gasteiger partial charge in [0, 0.05) is 67.5 Å². The largest absolute Gasteiger partial charge is 0.490 e. The van der Waals surface area contributed by atoms with Crippen molar-refractivity contribution in [3.05, 3.63) is 63.3 Å². The first-order valence-electron chi connectivity index (χ1n) is 17.1. The van der Waals surface area contributed by atoms with Crippen molar-refractivity contribution in [3.8, 4) is 5.75 Å². The van der Waals surface area contributed by atoms with E-state index in [-0.39, 0.29) is 65.0 Å². The molecule has 54 heavy (non-hydrogen) atoms. The zero-order chi connectivity index (χ0) is 39.8. The lowest BCUT2D eigenvalue weighted by atomic mass is 9.89. The van der Waals surface area contributed by atoms with Crippen LogP contribution in [0.4, 0.5) is 13.2 Å². The highest BCUT2D eigenvalue weighted by atomic mass is 35.5. The highest BCUT2D eigenvalue weighted by molar-refractivity contribution is 7.89. The van der Waals surface area contributed by atoms with Gasteiger partial charge in [0.15, 0.2) is 0 Å². The Morgan fingerprint density at radius 2 is 1.67 bits per heavy atom. The molecule has 0 radical (unpaired) electrons. The maximum absolute atomic E-state index is 14.0. The fourth-order valence-electron chi connectivity index (χ4n) is 6.17. The molecule has 2 saturated heterocycles. The molecule has 0 bridgehead atoms. The maximum Gasteiger partial charge on any atom is 0.490 e. The second kappa shape index (κ2) is 18.3. The third kappa shape index (κ3) is 10.5. The second-order valence-corrected chi connectivity index (χ2v) is 15.3. The molecule has 2 aromatic carbocycles. The first-order valence-corrected chi connectivity index (χ1v) is 19.3. The van der Waals surface area contributed by atoms with E-state index in [1.165, 1.54) is 12.1 Å². The number of ether oxygens (including phenoxy) is 2. The van der Waals surface area contributed by atoms with Gasteiger partial charge in [0.1, 0.15) is 28.3 Å². The number of alkyl halides is 3. The lowest BCUT2D eigenvalue weighted by Gasteiger charge is -2.43. The van der Waals surface area contributed by atoms with Crippen molar-refractivity contribution in [2.75, 3.05) is 45.9 Å². The summed E-state index contributed by atoms with van der Waals surface area (Å²) in [7, 11) is -4.32. The number of carbonyl (C=O) groups excluding carboxylic acids is 2. The summed E-state index contributed by atoms with van der Waals surface area (Å²) in [4.78, 5) is 43.3. The molecule has 2 amide bonds. The number of pyridine rings is 1. The number of halogens is 5. The molecule has 3 heterocycles. The predicted octanol–water partition coefficient (Wildman–Crippen LogP) is 5.00. The van der Waals surface area contributed by atoms with Gasteiger partial charge in [-0.05, 0) is 75.9 Å². The van der Waals surface area contributed by atoms with Crippen molar-refractivity contribution in [1.29, 1.82) is 0 Å². The van der Waals surface area contributed by atoms with Crippen LogP contribution in [-0.4, -0.2) is 104 Å². The molecule has 2 aliphatic heterocycles. The number of piperazine rings is 1. The van der Waals surface area contributed by atoms with Crippen LogP contribution in [0.15, 0.2) is 41.3 Å². The minimum absolute atomic E-state index is 0.0335. The van der Waals surface area contributed by atoms with E-state index < -0.39 is 27.7 Å². The molecule has 2 fully saturated rings. The number of nitrogens with zero attached hydrogens (tertiary/aromatic N) is 3. The van der Waals surface area contributed by atoms with E-state index in [1.54, 1.807) is 15.9 Å². The highest BCUT2D eigenvalue weighted by Crippen LogP contribution is 2.35. The van der Waals surface area contributed by atoms with Gasteiger partial charge in [0.25, 0.3) is 0 Å². The number of aryl methyl sites for hydroxylation is 2. The van der Waals surface area contributed by atoms with Crippen LogP contribution in [0.5, 0.6) is 5.75 Å². The number of benzene rings is 2. The molecule has 1 aromatic heterocycles. The number of carbonyl (C=O) groups is 3. The quantitative estimate of drug-likeness (QED) is 0.223. The van der Waals surface area contributed by atoms with Gasteiger partial charge < -0.3 is 30.1 Å². The van der Waals surface area contributed by atoms with Crippen LogP contribution in [0.2, 0.25) is 10.0 Å². The number of carboxylic acid groups (broad SMARTS) is 1. The number of amides is 2. The highest BCUT2D eigenvalue weighted by Gasteiger charge is 2.47. The number of aliphatic carboxylic acids is 1. The van der Waals surface area contributed by atoms with Crippen molar-refractivity contribution in [1.82, 2.24) is 19.5 Å². The second-order valence-electron chi connectivity index (χ2n) is 12.9. The van der Waals surface area contributed by atoms with Crippen LogP contribution in [0.3, 0.4) is 0 Å². The third-order valence-electron chi connectivity index (χ3n) is 9.04. The van der Waals surface area contributed by atoms with Crippen LogP contribution in [0.1, 0.15) is 48.9 Å². The number of sulfonamides is 1. The number of rotatable bonds is 11. The van der Waals surface area contributed by atoms with E-state index in [0.717, 1.165) is 29.5 Å². The molecule has 4 N–H and O–H groups in total. The van der Waals surface area contributed by atoms with Crippen molar-refractivity contribution in [2.45, 2.75) is 69.2 Å². The topological polar surface area (TPSA) is 181 Å². The first-order chi connectivity index (χ1) is 25.4. The SMILES string of the molecule is Cc1cc(C)c2cccc(OCc3c(Cl)ccc(S(=O)(=O)NC4(C(=O)N5CCN(C(=O)CCCCN)CC5)CCOCC4)c3Cl)c2n1.O=C(O)C(F)(F)F. The zero-order valence-corrected chi connectivity index (χ0v) is 32.0. The van der Waals surface area contributed by atoms with Crippen LogP contribution >= 0.6 is 23.2 Å². The maximum atomic E-state index is 14.0. The molecule has 5 rings (SSSR count). The fraction of sp³-hybridized carbons (Fsp3) is 0.486. The minimum atomic E-state index is -5.08. The molecule has 0 unspecified atom stereocenters. The van der Waals surface area contributed by atoms with Gasteiger partial charge in [0.2, 0.25) is 21.8 Å². The Bertz CT molecular complexity index is 1950. The Kier molecular flexibility index (Phi) is 14.5. The Balaban J connectivity index is 0.000000845. The Morgan fingerprint density at radius 1 is 1.04 bits per heavy atom. The van der Waals surface area contributed by atoms with E-state index in [1.807, 2.05) is 32.0 Å². The van der Waals surface area contributed by atoms with Crippen molar-refractivity contribution in [3.63, 3.8) is 0 Å². The molecular formula is C35H42Cl2F3N5O8S. The molecule has 19 heteroatoms. The number of nitrogens with one attached hydrogen (secondary N) is 1. The van der Waals surface area contributed by atoms with Gasteiger partial charge in [-0.25, -0.2) is 18.2 Å². The number of hydrogen-bond acceptors (Lipinski definition) is 9. The number of aromatic nitrogens is 1. The molecule has 13 nitrogen and oxygen atoms in total. The number of carboxylic acids is 1. The minimum Gasteiger partial charge on any atom is -0.487 e. The number of nitrogens with two attached hydrogens (primary N) is 1.